The number of halogens is 1. The van der Waals surface area contributed by atoms with Crippen molar-refractivity contribution in [3.05, 3.63) is 0 Å². The van der Waals surface area contributed by atoms with Crippen LogP contribution in [0.4, 0.5) is 0 Å². The second-order valence-electron chi connectivity index (χ2n) is 9.11. The Labute approximate surface area is 178 Å². The third-order valence-corrected chi connectivity index (χ3v) is 7.24. The highest BCUT2D eigenvalue weighted by molar-refractivity contribution is 6.21. The van der Waals surface area contributed by atoms with E-state index in [-0.39, 0.29) is 0 Å². The molecule has 0 amide bonds. The summed E-state index contributed by atoms with van der Waals surface area (Å²) in [6, 6.07) is 0. The first-order valence-electron chi connectivity index (χ1n) is 12.8. The van der Waals surface area contributed by atoms with Crippen LogP contribution in [-0.4, -0.2) is 5.38 Å². The van der Waals surface area contributed by atoms with Crippen LogP contribution in [0.15, 0.2) is 0 Å². The summed E-state index contributed by atoms with van der Waals surface area (Å²) in [5.74, 6) is 0. The van der Waals surface area contributed by atoms with Crippen molar-refractivity contribution < 1.29 is 0 Å². The van der Waals surface area contributed by atoms with E-state index in [0.29, 0.717) is 10.8 Å². The van der Waals surface area contributed by atoms with Crippen molar-refractivity contribution in [2.24, 2.45) is 5.41 Å². The molecule has 0 rings (SSSR count). The number of hydrogen-bond acceptors (Lipinski definition) is 0. The molecule has 0 nitrogen and oxygen atoms in total. The Bertz CT molecular complexity index is 264. The van der Waals surface area contributed by atoms with Gasteiger partial charge in [-0.1, -0.05) is 130 Å². The van der Waals surface area contributed by atoms with Gasteiger partial charge in [0.25, 0.3) is 0 Å². The quantitative estimate of drug-likeness (QED) is 0.133. The van der Waals surface area contributed by atoms with Gasteiger partial charge in [-0.25, -0.2) is 0 Å². The summed E-state index contributed by atoms with van der Waals surface area (Å²) < 4.78 is 0. The van der Waals surface area contributed by atoms with E-state index in [2.05, 4.69) is 27.7 Å². The lowest BCUT2D eigenvalue weighted by molar-refractivity contribution is 0.181. The van der Waals surface area contributed by atoms with E-state index < -0.39 is 0 Å². The standard InChI is InChI=1S/C26H53Cl/c1-5-9-13-14-15-16-17-18-19-20-21-25(27)26(22-10-6-2,23-11-7-3)24-12-8-4/h25H,5-24H2,1-4H3. The van der Waals surface area contributed by atoms with Crippen molar-refractivity contribution in [3.63, 3.8) is 0 Å². The van der Waals surface area contributed by atoms with Crippen LogP contribution in [0.1, 0.15) is 156 Å². The van der Waals surface area contributed by atoms with Gasteiger partial charge >= 0.3 is 0 Å². The van der Waals surface area contributed by atoms with Gasteiger partial charge in [0.1, 0.15) is 0 Å². The van der Waals surface area contributed by atoms with Crippen LogP contribution < -0.4 is 0 Å². The minimum absolute atomic E-state index is 0.399. The fourth-order valence-corrected chi connectivity index (χ4v) is 5.03. The molecule has 0 aromatic rings. The van der Waals surface area contributed by atoms with E-state index in [0.717, 1.165) is 0 Å². The van der Waals surface area contributed by atoms with Gasteiger partial charge in [0.05, 0.1) is 0 Å². The minimum atomic E-state index is 0.399. The highest BCUT2D eigenvalue weighted by atomic mass is 35.5. The van der Waals surface area contributed by atoms with Gasteiger partial charge in [0, 0.05) is 5.38 Å². The maximum atomic E-state index is 7.12. The molecule has 0 aromatic carbocycles. The lowest BCUT2D eigenvalue weighted by Gasteiger charge is -2.39. The zero-order valence-electron chi connectivity index (χ0n) is 19.6. The maximum absolute atomic E-state index is 7.12. The van der Waals surface area contributed by atoms with Crippen LogP contribution >= 0.6 is 11.6 Å². The molecule has 0 aliphatic carbocycles. The van der Waals surface area contributed by atoms with Gasteiger partial charge < -0.3 is 0 Å². The third-order valence-electron chi connectivity index (χ3n) is 6.56. The Kier molecular flexibility index (Phi) is 19.8. The van der Waals surface area contributed by atoms with E-state index in [9.17, 15) is 0 Å². The average molecular weight is 401 g/mol. The van der Waals surface area contributed by atoms with Crippen LogP contribution in [0.2, 0.25) is 0 Å². The van der Waals surface area contributed by atoms with Crippen molar-refractivity contribution in [1.82, 2.24) is 0 Å². The zero-order chi connectivity index (χ0) is 20.2. The molecule has 0 saturated carbocycles. The van der Waals surface area contributed by atoms with Crippen LogP contribution in [0, 0.1) is 5.41 Å². The summed E-state index contributed by atoms with van der Waals surface area (Å²) >= 11 is 7.12. The summed E-state index contributed by atoms with van der Waals surface area (Å²) in [5.41, 5.74) is 0.420. The highest BCUT2D eigenvalue weighted by Crippen LogP contribution is 2.44. The Balaban J connectivity index is 4.19. The minimum Gasteiger partial charge on any atom is -0.122 e. The number of hydrogen-bond donors (Lipinski definition) is 0. The van der Waals surface area contributed by atoms with Crippen molar-refractivity contribution in [3.8, 4) is 0 Å². The fourth-order valence-electron chi connectivity index (χ4n) is 4.55. The van der Waals surface area contributed by atoms with Crippen LogP contribution in [0.3, 0.4) is 0 Å². The van der Waals surface area contributed by atoms with Gasteiger partial charge in [-0.05, 0) is 31.1 Å². The first-order chi connectivity index (χ1) is 13.2. The van der Waals surface area contributed by atoms with Crippen molar-refractivity contribution >= 4 is 11.6 Å². The van der Waals surface area contributed by atoms with E-state index in [1.807, 2.05) is 0 Å². The SMILES string of the molecule is CCCCCCCCCCCCC(Cl)C(CCCC)(CCCC)CCCC. The summed E-state index contributed by atoms with van der Waals surface area (Å²) in [6.07, 6.45) is 27.5. The normalized spacial score (nSPS) is 13.2. The topological polar surface area (TPSA) is 0 Å². The molecule has 27 heavy (non-hydrogen) atoms. The number of alkyl halides is 1. The average Bonchev–Trinajstić information content (AvgIpc) is 2.69. The van der Waals surface area contributed by atoms with Gasteiger partial charge in [-0.15, -0.1) is 11.6 Å². The van der Waals surface area contributed by atoms with Crippen molar-refractivity contribution in [2.75, 3.05) is 0 Å². The molecule has 0 N–H and O–H groups in total. The molecule has 0 aliphatic heterocycles. The molecule has 0 radical (unpaired) electrons. The summed E-state index contributed by atoms with van der Waals surface area (Å²) in [4.78, 5) is 0. The second kappa shape index (κ2) is 19.6. The Morgan fingerprint density at radius 2 is 0.815 bits per heavy atom. The molecule has 0 aromatic heterocycles. The summed E-state index contributed by atoms with van der Waals surface area (Å²) in [7, 11) is 0. The molecule has 0 fully saturated rings. The molecular formula is C26H53Cl. The number of rotatable bonds is 21. The second-order valence-corrected chi connectivity index (χ2v) is 9.64. The van der Waals surface area contributed by atoms with Crippen molar-refractivity contribution in [1.29, 1.82) is 0 Å². The molecule has 0 bridgehead atoms. The van der Waals surface area contributed by atoms with Crippen LogP contribution in [-0.2, 0) is 0 Å². The van der Waals surface area contributed by atoms with Gasteiger partial charge in [0.2, 0.25) is 0 Å². The fraction of sp³-hybridized carbons (Fsp3) is 1.00. The molecule has 1 atom stereocenters. The Morgan fingerprint density at radius 3 is 1.19 bits per heavy atom. The third kappa shape index (κ3) is 14.0. The predicted octanol–water partition coefficient (Wildman–Crippen LogP) is 10.5. The molecule has 0 spiro atoms. The molecule has 0 aliphatic rings. The van der Waals surface area contributed by atoms with E-state index in [1.54, 1.807) is 0 Å². The van der Waals surface area contributed by atoms with E-state index >= 15 is 0 Å². The Hall–Kier alpha value is 0.290. The highest BCUT2D eigenvalue weighted by Gasteiger charge is 2.35. The molecule has 0 saturated heterocycles. The maximum Gasteiger partial charge on any atom is 0.0392 e. The predicted molar refractivity (Wildman–Crippen MR) is 127 cm³/mol. The largest absolute Gasteiger partial charge is 0.122 e. The van der Waals surface area contributed by atoms with Gasteiger partial charge in [-0.2, -0.15) is 0 Å². The van der Waals surface area contributed by atoms with Gasteiger partial charge in [-0.3, -0.25) is 0 Å². The van der Waals surface area contributed by atoms with Crippen LogP contribution in [0.25, 0.3) is 0 Å². The zero-order valence-corrected chi connectivity index (χ0v) is 20.4. The molecule has 164 valence electrons. The molecule has 1 unspecified atom stereocenters. The van der Waals surface area contributed by atoms with E-state index in [4.69, 9.17) is 11.6 Å². The number of unbranched alkanes of at least 4 members (excludes halogenated alkanes) is 12. The monoisotopic (exact) mass is 400 g/mol. The van der Waals surface area contributed by atoms with Crippen LogP contribution in [0.5, 0.6) is 0 Å². The first kappa shape index (κ1) is 27.3. The first-order valence-corrected chi connectivity index (χ1v) is 13.2. The van der Waals surface area contributed by atoms with Gasteiger partial charge in [0.15, 0.2) is 0 Å². The lowest BCUT2D eigenvalue weighted by atomic mass is 9.70. The Morgan fingerprint density at radius 1 is 0.481 bits per heavy atom. The molecule has 1 heteroatoms. The molecule has 0 heterocycles. The lowest BCUT2D eigenvalue weighted by Crippen LogP contribution is -2.32. The summed E-state index contributed by atoms with van der Waals surface area (Å²) in [6.45, 7) is 9.28. The van der Waals surface area contributed by atoms with Crippen molar-refractivity contribution in [2.45, 2.75) is 161 Å². The summed E-state index contributed by atoms with van der Waals surface area (Å²) in [5, 5.41) is 0.399. The smallest absolute Gasteiger partial charge is 0.0392 e. The van der Waals surface area contributed by atoms with E-state index in [1.165, 1.54) is 128 Å². The molecular weight excluding hydrogens is 348 g/mol.